The third-order valence-electron chi connectivity index (χ3n) is 16.9. The number of esters is 4. The van der Waals surface area contributed by atoms with Gasteiger partial charge in [-0.3, -0.25) is 37.3 Å². The molecule has 0 radical (unpaired) electrons. The molecule has 0 aromatic carbocycles. The van der Waals surface area contributed by atoms with Gasteiger partial charge in [0.1, 0.15) is 19.3 Å². The zero-order valence-corrected chi connectivity index (χ0v) is 60.6. The number of unbranched alkanes of at least 4 members (excludes halogenated alkanes) is 47. The van der Waals surface area contributed by atoms with Gasteiger partial charge in [-0.2, -0.15) is 0 Å². The first-order valence-electron chi connectivity index (χ1n) is 37.8. The zero-order valence-electron chi connectivity index (χ0n) is 58.8. The highest BCUT2D eigenvalue weighted by molar-refractivity contribution is 7.47. The van der Waals surface area contributed by atoms with Gasteiger partial charge >= 0.3 is 39.5 Å². The first-order chi connectivity index (χ1) is 44.2. The third-order valence-corrected chi connectivity index (χ3v) is 18.8. The Morgan fingerprint density at radius 1 is 0.264 bits per heavy atom. The summed E-state index contributed by atoms with van der Waals surface area (Å²) in [7, 11) is -9.89. The van der Waals surface area contributed by atoms with Crippen LogP contribution in [0.5, 0.6) is 0 Å². The van der Waals surface area contributed by atoms with Crippen molar-refractivity contribution in [1.82, 2.24) is 0 Å². The van der Waals surface area contributed by atoms with E-state index < -0.39 is 97.5 Å². The molecule has 19 heteroatoms. The number of hydrogen-bond donors (Lipinski definition) is 3. The third kappa shape index (κ3) is 66.5. The monoisotopic (exact) mass is 1340 g/mol. The second-order valence-electron chi connectivity index (χ2n) is 26.0. The van der Waals surface area contributed by atoms with Crippen LogP contribution < -0.4 is 0 Å². The van der Waals surface area contributed by atoms with E-state index in [4.69, 9.17) is 37.0 Å². The van der Waals surface area contributed by atoms with Gasteiger partial charge in [0.25, 0.3) is 0 Å². The molecule has 0 amide bonds. The lowest BCUT2D eigenvalue weighted by Gasteiger charge is -2.21. The van der Waals surface area contributed by atoms with E-state index in [0.717, 1.165) is 96.3 Å². The summed E-state index contributed by atoms with van der Waals surface area (Å²) in [5.74, 6) is -2.13. The molecule has 0 saturated carbocycles. The van der Waals surface area contributed by atoms with Crippen LogP contribution in [0.1, 0.15) is 381 Å². The molecule has 0 aromatic rings. The van der Waals surface area contributed by atoms with Crippen LogP contribution in [-0.2, 0) is 65.4 Å². The van der Waals surface area contributed by atoms with E-state index >= 15 is 0 Å². The molecule has 0 spiro atoms. The molecule has 0 aliphatic carbocycles. The molecule has 0 aromatic heterocycles. The minimum Gasteiger partial charge on any atom is -0.462 e. The maximum Gasteiger partial charge on any atom is 0.472 e. The fraction of sp³-hybridized carbons (Fsp3) is 0.944. The Kier molecular flexibility index (Phi) is 65.2. The number of phosphoric ester groups is 2. The predicted octanol–water partition coefficient (Wildman–Crippen LogP) is 21.1. The average molecular weight is 1340 g/mol. The molecule has 0 aliphatic heterocycles. The lowest BCUT2D eigenvalue weighted by molar-refractivity contribution is -0.161. The van der Waals surface area contributed by atoms with Crippen molar-refractivity contribution >= 4 is 39.5 Å². The Bertz CT molecular complexity index is 1740. The highest BCUT2D eigenvalue weighted by Gasteiger charge is 2.30. The SMILES string of the molecule is CCCCCCCCCCCCCCCCCCCCCCC(=O)O[C@H](COC(=O)CCCCCCCCCCCCCCC)COP(=O)(O)OC[C@@H](O)COP(=O)(O)OC[C@@H](COC(=O)CCCCCCC)OC(=O)CCCCCCCCCCCCCCC. The van der Waals surface area contributed by atoms with Gasteiger partial charge in [-0.05, 0) is 25.7 Å². The Balaban J connectivity index is 5.12. The predicted molar refractivity (Wildman–Crippen MR) is 368 cm³/mol. The van der Waals surface area contributed by atoms with E-state index in [9.17, 15) is 43.2 Å². The highest BCUT2D eigenvalue weighted by Crippen LogP contribution is 2.45. The normalized spacial score (nSPS) is 14.0. The average Bonchev–Trinajstić information content (AvgIpc) is 3.73. The van der Waals surface area contributed by atoms with Crippen LogP contribution in [0.3, 0.4) is 0 Å². The van der Waals surface area contributed by atoms with Gasteiger partial charge in [0.05, 0.1) is 26.4 Å². The summed E-state index contributed by atoms with van der Waals surface area (Å²) in [4.78, 5) is 72.3. The summed E-state index contributed by atoms with van der Waals surface area (Å²) in [6.45, 7) is 4.88. The lowest BCUT2D eigenvalue weighted by Crippen LogP contribution is -2.30. The minimum absolute atomic E-state index is 0.107. The van der Waals surface area contributed by atoms with Crippen molar-refractivity contribution in [1.29, 1.82) is 0 Å². The zero-order chi connectivity index (χ0) is 66.8. The molecule has 0 fully saturated rings. The Labute approximate surface area is 556 Å². The molecule has 0 aliphatic rings. The maximum atomic E-state index is 13.0. The van der Waals surface area contributed by atoms with Crippen molar-refractivity contribution in [2.45, 2.75) is 399 Å². The van der Waals surface area contributed by atoms with Crippen molar-refractivity contribution in [3.8, 4) is 0 Å². The fourth-order valence-corrected chi connectivity index (χ4v) is 12.6. The molecule has 3 N–H and O–H groups in total. The first-order valence-corrected chi connectivity index (χ1v) is 40.8. The van der Waals surface area contributed by atoms with E-state index in [1.54, 1.807) is 0 Å². The van der Waals surface area contributed by atoms with Gasteiger partial charge in [-0.25, -0.2) is 9.13 Å². The molecule has 91 heavy (non-hydrogen) atoms. The largest absolute Gasteiger partial charge is 0.472 e. The highest BCUT2D eigenvalue weighted by atomic mass is 31.2. The number of carbonyl (C=O) groups excluding carboxylic acids is 4. The van der Waals surface area contributed by atoms with Gasteiger partial charge in [0.15, 0.2) is 12.2 Å². The Morgan fingerprint density at radius 2 is 0.440 bits per heavy atom. The van der Waals surface area contributed by atoms with E-state index in [-0.39, 0.29) is 25.7 Å². The summed E-state index contributed by atoms with van der Waals surface area (Å²) in [5, 5.41) is 10.6. The number of phosphoric acid groups is 2. The summed E-state index contributed by atoms with van der Waals surface area (Å²) in [5.41, 5.74) is 0. The van der Waals surface area contributed by atoms with Gasteiger partial charge in [0.2, 0.25) is 0 Å². The smallest absolute Gasteiger partial charge is 0.462 e. The summed E-state index contributed by atoms with van der Waals surface area (Å²) >= 11 is 0. The van der Waals surface area contributed by atoms with Crippen molar-refractivity contribution in [3.05, 3.63) is 0 Å². The van der Waals surface area contributed by atoms with Crippen molar-refractivity contribution in [3.63, 3.8) is 0 Å². The molecule has 0 rings (SSSR count). The van der Waals surface area contributed by atoms with Crippen LogP contribution in [0.2, 0.25) is 0 Å². The molecular formula is C72H140O17P2. The maximum absolute atomic E-state index is 13.0. The summed E-state index contributed by atoms with van der Waals surface area (Å²) in [6.07, 6.45) is 55.9. The molecular weight excluding hydrogens is 1200 g/mol. The van der Waals surface area contributed by atoms with Crippen LogP contribution in [0.15, 0.2) is 0 Å². The molecule has 17 nitrogen and oxygen atoms in total. The first kappa shape index (κ1) is 89.1. The summed E-state index contributed by atoms with van der Waals surface area (Å²) in [6, 6.07) is 0. The van der Waals surface area contributed by atoms with E-state index in [1.165, 1.54) is 205 Å². The van der Waals surface area contributed by atoms with Crippen molar-refractivity contribution in [2.24, 2.45) is 0 Å². The van der Waals surface area contributed by atoms with Crippen LogP contribution in [0.25, 0.3) is 0 Å². The number of ether oxygens (including phenoxy) is 4. The summed E-state index contributed by atoms with van der Waals surface area (Å²) < 4.78 is 68.1. The standard InChI is InChI=1S/C72H140O17P2/c1-5-9-13-17-20-23-26-29-30-31-32-33-34-35-38-41-44-47-51-55-59-72(77)89-68(63-83-70(75)57-53-49-45-42-39-36-27-24-21-18-14-10-6-2)65-87-91(80,81)85-61-66(73)60-84-90(78,79)86-64-67(62-82-69(74)56-52-48-16-12-8-4)88-71(76)58-54-50-46-43-40-37-28-25-22-19-15-11-7-3/h66-68,73H,5-65H2,1-4H3,(H,78,79)(H,80,81)/t66-,67+,68+/m0/s1. The van der Waals surface area contributed by atoms with E-state index in [2.05, 4.69) is 27.7 Å². The van der Waals surface area contributed by atoms with Gasteiger partial charge in [-0.15, -0.1) is 0 Å². The Morgan fingerprint density at radius 3 is 0.648 bits per heavy atom. The van der Waals surface area contributed by atoms with Gasteiger partial charge in [0, 0.05) is 25.7 Å². The molecule has 0 saturated heterocycles. The van der Waals surface area contributed by atoms with Crippen LogP contribution in [0.4, 0.5) is 0 Å². The second kappa shape index (κ2) is 66.7. The number of rotatable bonds is 73. The van der Waals surface area contributed by atoms with Crippen LogP contribution in [0, 0.1) is 0 Å². The van der Waals surface area contributed by atoms with Crippen molar-refractivity contribution < 1.29 is 80.2 Å². The van der Waals surface area contributed by atoms with E-state index in [1.807, 2.05) is 0 Å². The number of hydrogen-bond acceptors (Lipinski definition) is 15. The topological polar surface area (TPSA) is 237 Å². The quantitative estimate of drug-likeness (QED) is 0.0222. The minimum atomic E-state index is -4.95. The second-order valence-corrected chi connectivity index (χ2v) is 28.9. The molecule has 0 heterocycles. The molecule has 540 valence electrons. The molecule has 2 unspecified atom stereocenters. The number of aliphatic hydroxyl groups excluding tert-OH is 1. The van der Waals surface area contributed by atoms with Crippen molar-refractivity contribution in [2.75, 3.05) is 39.6 Å². The lowest BCUT2D eigenvalue weighted by atomic mass is 10.0. The van der Waals surface area contributed by atoms with Gasteiger partial charge < -0.3 is 33.8 Å². The van der Waals surface area contributed by atoms with E-state index in [0.29, 0.717) is 25.7 Å². The van der Waals surface area contributed by atoms with Crippen LogP contribution >= 0.6 is 15.6 Å². The Hall–Kier alpha value is -1.94. The fourth-order valence-electron chi connectivity index (χ4n) is 11.0. The number of carbonyl (C=O) groups is 4. The van der Waals surface area contributed by atoms with Gasteiger partial charge in [-0.1, -0.05) is 329 Å². The molecule has 0 bridgehead atoms. The molecule has 5 atom stereocenters. The number of aliphatic hydroxyl groups is 1. The van der Waals surface area contributed by atoms with Crippen LogP contribution in [-0.4, -0.2) is 96.7 Å².